The second kappa shape index (κ2) is 7.80. The van der Waals surface area contributed by atoms with Crippen LogP contribution in [0.2, 0.25) is 0 Å². The number of carbonyl (C=O) groups is 2. The smallest absolute Gasteiger partial charge is 0.261 e. The Morgan fingerprint density at radius 2 is 1.42 bits per heavy atom. The summed E-state index contributed by atoms with van der Waals surface area (Å²) in [6.45, 7) is 0.0312. The highest BCUT2D eigenvalue weighted by Gasteiger charge is 2.34. The predicted octanol–water partition coefficient (Wildman–Crippen LogP) is 1.83. The molecule has 6 nitrogen and oxygen atoms in total. The third kappa shape index (κ3) is 4.17. The van der Waals surface area contributed by atoms with E-state index in [1.54, 1.807) is 24.3 Å². The molecule has 1 aliphatic rings. The normalized spacial score (nSPS) is 13.9. The summed E-state index contributed by atoms with van der Waals surface area (Å²) in [6.07, 6.45) is 1.19. The van der Waals surface area contributed by atoms with Crippen LogP contribution in [0.15, 0.2) is 54.6 Å². The highest BCUT2D eigenvalue weighted by Crippen LogP contribution is 2.21. The summed E-state index contributed by atoms with van der Waals surface area (Å²) >= 11 is 0. The van der Waals surface area contributed by atoms with Crippen LogP contribution in [0.5, 0.6) is 0 Å². The van der Waals surface area contributed by atoms with Gasteiger partial charge >= 0.3 is 0 Å². The Labute approximate surface area is 152 Å². The Kier molecular flexibility index (Phi) is 5.49. The molecule has 0 bridgehead atoms. The molecule has 2 aromatic rings. The van der Waals surface area contributed by atoms with Gasteiger partial charge in [0.2, 0.25) is 10.0 Å². The third-order valence-corrected chi connectivity index (χ3v) is 5.73. The van der Waals surface area contributed by atoms with Gasteiger partial charge < -0.3 is 0 Å². The van der Waals surface area contributed by atoms with Gasteiger partial charge in [-0.05, 0) is 30.5 Å². The Hall–Kier alpha value is -2.51. The third-order valence-electron chi connectivity index (χ3n) is 4.26. The first kappa shape index (κ1) is 18.3. The number of nitrogens with zero attached hydrogens (tertiary/aromatic N) is 1. The standard InChI is InChI=1S/C19H20N2O4S/c22-18-16-10-4-5-11-17(16)19(23)21(18)13-12-20-26(24,25)14-6-9-15-7-2-1-3-8-15/h1-5,7-8,10-11,20H,6,9,12-14H2. The zero-order valence-electron chi connectivity index (χ0n) is 14.2. The van der Waals surface area contributed by atoms with Gasteiger partial charge in [0, 0.05) is 13.1 Å². The molecular weight excluding hydrogens is 352 g/mol. The van der Waals surface area contributed by atoms with Gasteiger partial charge in [0.15, 0.2) is 0 Å². The maximum atomic E-state index is 12.2. The van der Waals surface area contributed by atoms with Crippen LogP contribution < -0.4 is 4.72 Å². The molecule has 26 heavy (non-hydrogen) atoms. The fourth-order valence-corrected chi connectivity index (χ4v) is 4.01. The number of fused-ring (bicyclic) bond motifs is 1. The first-order valence-electron chi connectivity index (χ1n) is 8.44. The molecule has 1 aliphatic heterocycles. The van der Waals surface area contributed by atoms with Crippen LogP contribution in [0.4, 0.5) is 0 Å². The quantitative estimate of drug-likeness (QED) is 0.717. The summed E-state index contributed by atoms with van der Waals surface area (Å²) in [5.41, 5.74) is 1.82. The minimum absolute atomic E-state index is 0.00398. The van der Waals surface area contributed by atoms with Crippen LogP contribution >= 0.6 is 0 Å². The number of hydrogen-bond donors (Lipinski definition) is 1. The van der Waals surface area contributed by atoms with Gasteiger partial charge in [-0.1, -0.05) is 42.5 Å². The van der Waals surface area contributed by atoms with E-state index in [1.807, 2.05) is 30.3 Å². The minimum atomic E-state index is -3.45. The van der Waals surface area contributed by atoms with Crippen molar-refractivity contribution in [3.8, 4) is 0 Å². The molecule has 0 aliphatic carbocycles. The van der Waals surface area contributed by atoms with E-state index >= 15 is 0 Å². The summed E-state index contributed by atoms with van der Waals surface area (Å²) in [5.74, 6) is -0.757. The average Bonchev–Trinajstić information content (AvgIpc) is 2.88. The number of hydrogen-bond acceptors (Lipinski definition) is 4. The van der Waals surface area contributed by atoms with Crippen LogP contribution in [-0.2, 0) is 16.4 Å². The Morgan fingerprint density at radius 1 is 0.846 bits per heavy atom. The fourth-order valence-electron chi connectivity index (χ4n) is 2.94. The lowest BCUT2D eigenvalue weighted by Crippen LogP contribution is -2.38. The molecule has 0 saturated heterocycles. The van der Waals surface area contributed by atoms with Crippen LogP contribution in [0.25, 0.3) is 0 Å². The van der Waals surface area contributed by atoms with E-state index in [2.05, 4.69) is 4.72 Å². The van der Waals surface area contributed by atoms with Crippen molar-refractivity contribution in [1.29, 1.82) is 0 Å². The zero-order valence-corrected chi connectivity index (χ0v) is 15.0. The zero-order chi connectivity index (χ0) is 18.6. The molecule has 3 rings (SSSR count). The van der Waals surface area contributed by atoms with E-state index in [4.69, 9.17) is 0 Å². The van der Waals surface area contributed by atoms with Gasteiger partial charge in [-0.3, -0.25) is 14.5 Å². The molecule has 0 aromatic heterocycles. The monoisotopic (exact) mass is 372 g/mol. The minimum Gasteiger partial charge on any atom is -0.273 e. The number of aryl methyl sites for hydroxylation is 1. The summed E-state index contributed by atoms with van der Waals surface area (Å²) < 4.78 is 26.6. The van der Waals surface area contributed by atoms with E-state index in [0.29, 0.717) is 24.0 Å². The molecule has 0 saturated carbocycles. The van der Waals surface area contributed by atoms with Crippen molar-refractivity contribution < 1.29 is 18.0 Å². The Bertz CT molecular complexity index is 875. The summed E-state index contributed by atoms with van der Waals surface area (Å²) in [5, 5.41) is 0. The molecule has 0 atom stereocenters. The van der Waals surface area contributed by atoms with Gasteiger partial charge in [-0.25, -0.2) is 13.1 Å². The number of rotatable bonds is 8. The van der Waals surface area contributed by atoms with Crippen molar-refractivity contribution in [3.63, 3.8) is 0 Å². The summed E-state index contributed by atoms with van der Waals surface area (Å²) in [4.78, 5) is 25.5. The number of nitrogens with one attached hydrogen (secondary N) is 1. The average molecular weight is 372 g/mol. The molecule has 136 valence electrons. The maximum absolute atomic E-state index is 12.2. The largest absolute Gasteiger partial charge is 0.273 e. The van der Waals surface area contributed by atoms with E-state index in [-0.39, 0.29) is 30.7 Å². The molecule has 7 heteroatoms. The number of sulfonamides is 1. The molecule has 0 spiro atoms. The van der Waals surface area contributed by atoms with Crippen molar-refractivity contribution in [2.75, 3.05) is 18.8 Å². The number of carbonyl (C=O) groups excluding carboxylic acids is 2. The van der Waals surface area contributed by atoms with E-state index in [9.17, 15) is 18.0 Å². The van der Waals surface area contributed by atoms with Gasteiger partial charge in [0.05, 0.1) is 16.9 Å². The molecule has 2 aromatic carbocycles. The molecule has 1 N–H and O–H groups in total. The fraction of sp³-hybridized carbons (Fsp3) is 0.263. The van der Waals surface area contributed by atoms with Crippen LogP contribution in [0.1, 0.15) is 32.7 Å². The molecule has 2 amide bonds. The van der Waals surface area contributed by atoms with Gasteiger partial charge in [0.1, 0.15) is 0 Å². The van der Waals surface area contributed by atoms with Crippen molar-refractivity contribution in [2.24, 2.45) is 0 Å². The van der Waals surface area contributed by atoms with Crippen molar-refractivity contribution >= 4 is 21.8 Å². The summed E-state index contributed by atoms with van der Waals surface area (Å²) in [6, 6.07) is 16.3. The lowest BCUT2D eigenvalue weighted by Gasteiger charge is -2.14. The van der Waals surface area contributed by atoms with E-state index in [0.717, 1.165) is 10.5 Å². The maximum Gasteiger partial charge on any atom is 0.261 e. The summed E-state index contributed by atoms with van der Waals surface area (Å²) in [7, 11) is -3.45. The number of benzene rings is 2. The first-order chi connectivity index (χ1) is 12.5. The van der Waals surface area contributed by atoms with E-state index < -0.39 is 10.0 Å². The predicted molar refractivity (Wildman–Crippen MR) is 98.4 cm³/mol. The second-order valence-corrected chi connectivity index (χ2v) is 8.04. The van der Waals surface area contributed by atoms with Crippen molar-refractivity contribution in [2.45, 2.75) is 12.8 Å². The first-order valence-corrected chi connectivity index (χ1v) is 10.1. The highest BCUT2D eigenvalue weighted by atomic mass is 32.2. The van der Waals surface area contributed by atoms with Crippen LogP contribution in [0.3, 0.4) is 0 Å². The Balaban J connectivity index is 1.47. The van der Waals surface area contributed by atoms with Crippen LogP contribution in [0, 0.1) is 0 Å². The Morgan fingerprint density at radius 3 is 2.04 bits per heavy atom. The second-order valence-electron chi connectivity index (χ2n) is 6.11. The molecule has 0 fully saturated rings. The van der Waals surface area contributed by atoms with Gasteiger partial charge in [-0.2, -0.15) is 0 Å². The number of imide groups is 1. The lowest BCUT2D eigenvalue weighted by molar-refractivity contribution is 0.0657. The van der Waals surface area contributed by atoms with E-state index in [1.165, 1.54) is 0 Å². The van der Waals surface area contributed by atoms with Gasteiger partial charge in [-0.15, -0.1) is 0 Å². The van der Waals surface area contributed by atoms with Crippen molar-refractivity contribution in [3.05, 3.63) is 71.3 Å². The molecule has 0 radical (unpaired) electrons. The molecular formula is C19H20N2O4S. The lowest BCUT2D eigenvalue weighted by atomic mass is 10.1. The topological polar surface area (TPSA) is 83.6 Å². The molecule has 1 heterocycles. The van der Waals surface area contributed by atoms with Gasteiger partial charge in [0.25, 0.3) is 11.8 Å². The number of amides is 2. The van der Waals surface area contributed by atoms with Crippen LogP contribution in [-0.4, -0.2) is 44.0 Å². The van der Waals surface area contributed by atoms with Crippen molar-refractivity contribution in [1.82, 2.24) is 9.62 Å². The highest BCUT2D eigenvalue weighted by molar-refractivity contribution is 7.89. The molecule has 0 unspecified atom stereocenters. The SMILES string of the molecule is O=C1c2ccccc2C(=O)N1CCNS(=O)(=O)CCCc1ccccc1.